The first-order chi connectivity index (χ1) is 15.6. The smallest absolute Gasteiger partial charge is 0.335 e. The fourth-order valence-electron chi connectivity index (χ4n) is 3.26. The van der Waals surface area contributed by atoms with Crippen LogP contribution in [-0.2, 0) is 0 Å². The zero-order valence-electron chi connectivity index (χ0n) is 16.5. The van der Waals surface area contributed by atoms with E-state index in [2.05, 4.69) is 9.97 Å². The number of carboxylic acid groups (broad SMARTS) is 1. The van der Waals surface area contributed by atoms with Gasteiger partial charge in [0.15, 0.2) is 11.5 Å². The van der Waals surface area contributed by atoms with E-state index in [-0.39, 0.29) is 5.56 Å². The number of rotatable bonds is 5. The van der Waals surface area contributed by atoms with Crippen LogP contribution in [0.25, 0.3) is 45.6 Å². The van der Waals surface area contributed by atoms with E-state index in [0.29, 0.717) is 28.3 Å². The topological polar surface area (TPSA) is 89.4 Å². The molecule has 2 aromatic heterocycles. The SMILES string of the molecule is O=C(O)c1ccc(-c2cnc(-c3cccc(-c4ncc(-c5ccc(Cl)cc5)o4)c3)o2)cc1. The minimum absolute atomic E-state index is 0.213. The van der Waals surface area contributed by atoms with Crippen LogP contribution in [0.5, 0.6) is 0 Å². The van der Waals surface area contributed by atoms with Crippen LogP contribution in [-0.4, -0.2) is 21.0 Å². The lowest BCUT2D eigenvalue weighted by Crippen LogP contribution is -1.94. The molecule has 0 unspecified atom stereocenters. The number of aromatic nitrogens is 2. The van der Waals surface area contributed by atoms with Crippen molar-refractivity contribution in [3.8, 4) is 45.6 Å². The molecular formula is C25H15ClN2O4. The predicted molar refractivity (Wildman–Crippen MR) is 120 cm³/mol. The maximum atomic E-state index is 11.0. The molecule has 1 N–H and O–H groups in total. The molecule has 6 nitrogen and oxygen atoms in total. The second-order valence-corrected chi connectivity index (χ2v) is 7.47. The Morgan fingerprint density at radius 3 is 1.72 bits per heavy atom. The molecule has 32 heavy (non-hydrogen) atoms. The molecule has 2 heterocycles. The van der Waals surface area contributed by atoms with Crippen LogP contribution >= 0.6 is 11.6 Å². The maximum absolute atomic E-state index is 11.0. The summed E-state index contributed by atoms with van der Waals surface area (Å²) in [7, 11) is 0. The summed E-state index contributed by atoms with van der Waals surface area (Å²) in [5.41, 5.74) is 3.39. The number of carboxylic acids is 1. The summed E-state index contributed by atoms with van der Waals surface area (Å²) in [5, 5.41) is 9.70. The molecule has 5 aromatic rings. The minimum Gasteiger partial charge on any atom is -0.478 e. The Bertz CT molecular complexity index is 1400. The van der Waals surface area contributed by atoms with E-state index in [1.807, 2.05) is 36.4 Å². The number of hydrogen-bond acceptors (Lipinski definition) is 5. The summed E-state index contributed by atoms with van der Waals surface area (Å²) in [6, 6.07) is 21.3. The monoisotopic (exact) mass is 442 g/mol. The van der Waals surface area contributed by atoms with Gasteiger partial charge in [0.1, 0.15) is 0 Å². The lowest BCUT2D eigenvalue weighted by Gasteiger charge is -2.01. The molecule has 0 fully saturated rings. The number of nitrogens with zero attached hydrogens (tertiary/aromatic N) is 2. The van der Waals surface area contributed by atoms with Gasteiger partial charge in [-0.15, -0.1) is 0 Å². The third-order valence-corrected chi connectivity index (χ3v) is 5.16. The summed E-state index contributed by atoms with van der Waals surface area (Å²) in [6.45, 7) is 0. The van der Waals surface area contributed by atoms with Gasteiger partial charge in [-0.3, -0.25) is 0 Å². The second kappa shape index (κ2) is 8.17. The molecule has 0 bridgehead atoms. The summed E-state index contributed by atoms with van der Waals surface area (Å²) in [4.78, 5) is 19.8. The van der Waals surface area contributed by atoms with Gasteiger partial charge in [0, 0.05) is 27.3 Å². The van der Waals surface area contributed by atoms with Gasteiger partial charge in [-0.2, -0.15) is 0 Å². The van der Waals surface area contributed by atoms with Crippen LogP contribution in [0.4, 0.5) is 0 Å². The lowest BCUT2D eigenvalue weighted by atomic mass is 10.1. The van der Waals surface area contributed by atoms with Gasteiger partial charge in [-0.25, -0.2) is 14.8 Å². The van der Waals surface area contributed by atoms with Gasteiger partial charge in [0.25, 0.3) is 0 Å². The first-order valence-corrected chi connectivity index (χ1v) is 10.1. The highest BCUT2D eigenvalue weighted by Crippen LogP contribution is 2.31. The number of hydrogen-bond donors (Lipinski definition) is 1. The van der Waals surface area contributed by atoms with Crippen LogP contribution in [0.1, 0.15) is 10.4 Å². The van der Waals surface area contributed by atoms with E-state index in [4.69, 9.17) is 25.5 Å². The van der Waals surface area contributed by atoms with Gasteiger partial charge in [0.2, 0.25) is 11.8 Å². The summed E-state index contributed by atoms with van der Waals surface area (Å²) >= 11 is 5.95. The third kappa shape index (κ3) is 3.91. The molecule has 3 aromatic carbocycles. The number of aromatic carboxylic acids is 1. The van der Waals surface area contributed by atoms with Crippen molar-refractivity contribution in [2.24, 2.45) is 0 Å². The molecule has 5 rings (SSSR count). The Morgan fingerprint density at radius 2 is 1.22 bits per heavy atom. The minimum atomic E-state index is -0.975. The van der Waals surface area contributed by atoms with Crippen LogP contribution in [0.15, 0.2) is 94.0 Å². The maximum Gasteiger partial charge on any atom is 0.335 e. The molecule has 0 radical (unpaired) electrons. The molecule has 7 heteroatoms. The Morgan fingerprint density at radius 1 is 0.719 bits per heavy atom. The number of benzene rings is 3. The quantitative estimate of drug-likeness (QED) is 0.326. The number of halogens is 1. The van der Waals surface area contributed by atoms with Crippen molar-refractivity contribution < 1.29 is 18.7 Å². The van der Waals surface area contributed by atoms with Gasteiger partial charge in [-0.05, 0) is 54.6 Å². The van der Waals surface area contributed by atoms with Crippen molar-refractivity contribution in [1.29, 1.82) is 0 Å². The zero-order chi connectivity index (χ0) is 22.1. The van der Waals surface area contributed by atoms with E-state index >= 15 is 0 Å². The van der Waals surface area contributed by atoms with Crippen molar-refractivity contribution in [2.45, 2.75) is 0 Å². The van der Waals surface area contributed by atoms with Gasteiger partial charge >= 0.3 is 5.97 Å². The van der Waals surface area contributed by atoms with Crippen LogP contribution in [0, 0.1) is 0 Å². The van der Waals surface area contributed by atoms with E-state index in [0.717, 1.165) is 22.3 Å². The zero-order valence-corrected chi connectivity index (χ0v) is 17.3. The van der Waals surface area contributed by atoms with Crippen LogP contribution in [0.3, 0.4) is 0 Å². The fraction of sp³-hybridized carbons (Fsp3) is 0. The molecule has 0 saturated heterocycles. The average Bonchev–Trinajstić information content (AvgIpc) is 3.50. The average molecular weight is 443 g/mol. The first-order valence-electron chi connectivity index (χ1n) is 9.69. The fourth-order valence-corrected chi connectivity index (χ4v) is 3.38. The highest BCUT2D eigenvalue weighted by molar-refractivity contribution is 6.30. The third-order valence-electron chi connectivity index (χ3n) is 4.91. The Labute approximate surface area is 187 Å². The summed E-state index contributed by atoms with van der Waals surface area (Å²) in [6.07, 6.45) is 3.29. The molecule has 0 atom stereocenters. The van der Waals surface area contributed by atoms with Crippen LogP contribution < -0.4 is 0 Å². The van der Waals surface area contributed by atoms with Gasteiger partial charge in [0.05, 0.1) is 18.0 Å². The second-order valence-electron chi connectivity index (χ2n) is 7.03. The Hall–Kier alpha value is -4.16. The van der Waals surface area contributed by atoms with E-state index in [9.17, 15) is 4.79 Å². The van der Waals surface area contributed by atoms with Crippen molar-refractivity contribution in [2.75, 3.05) is 0 Å². The van der Waals surface area contributed by atoms with Crippen LogP contribution in [0.2, 0.25) is 5.02 Å². The highest BCUT2D eigenvalue weighted by atomic mass is 35.5. The molecule has 0 aliphatic heterocycles. The highest BCUT2D eigenvalue weighted by Gasteiger charge is 2.13. The predicted octanol–water partition coefficient (Wildman–Crippen LogP) is 6.68. The first kappa shape index (κ1) is 19.8. The lowest BCUT2D eigenvalue weighted by molar-refractivity contribution is 0.0697. The van der Waals surface area contributed by atoms with E-state index in [1.54, 1.807) is 36.7 Å². The van der Waals surface area contributed by atoms with Crippen molar-refractivity contribution in [3.05, 3.63) is 95.8 Å². The Kier molecular flexibility index (Phi) is 5.05. The molecule has 156 valence electrons. The normalized spacial score (nSPS) is 10.9. The molecule has 0 amide bonds. The van der Waals surface area contributed by atoms with Gasteiger partial charge in [-0.1, -0.05) is 29.8 Å². The molecule has 0 spiro atoms. The van der Waals surface area contributed by atoms with Gasteiger partial charge < -0.3 is 13.9 Å². The Balaban J connectivity index is 1.41. The number of oxazole rings is 2. The van der Waals surface area contributed by atoms with E-state index in [1.165, 1.54) is 12.1 Å². The number of carbonyl (C=O) groups is 1. The summed E-state index contributed by atoms with van der Waals surface area (Å²) < 4.78 is 11.8. The molecular weight excluding hydrogens is 428 g/mol. The molecule has 0 aliphatic carbocycles. The summed E-state index contributed by atoms with van der Waals surface area (Å²) in [5.74, 6) is 1.13. The van der Waals surface area contributed by atoms with E-state index < -0.39 is 5.97 Å². The standard InChI is InChI=1S/C25H15ClN2O4/c26-20-10-8-16(9-11-20)22-14-28-24(32-22)19-3-1-2-18(12-19)23-27-13-21(31-23)15-4-6-17(7-5-15)25(29)30/h1-14H,(H,29,30). The van der Waals surface area contributed by atoms with Crippen molar-refractivity contribution in [3.63, 3.8) is 0 Å². The molecule has 0 saturated carbocycles. The largest absolute Gasteiger partial charge is 0.478 e. The van der Waals surface area contributed by atoms with Crippen molar-refractivity contribution >= 4 is 17.6 Å². The molecule has 0 aliphatic rings. The van der Waals surface area contributed by atoms with Crippen molar-refractivity contribution in [1.82, 2.24) is 9.97 Å².